The first-order valence-corrected chi connectivity index (χ1v) is 11.8. The summed E-state index contributed by atoms with van der Waals surface area (Å²) in [5, 5.41) is 3.22. The molecule has 6 nitrogen and oxygen atoms in total. The molecule has 6 heteroatoms. The van der Waals surface area contributed by atoms with Gasteiger partial charge in [-0.1, -0.05) is 44.2 Å². The number of nitrogens with two attached hydrogens (primary N) is 1. The fourth-order valence-electron chi connectivity index (χ4n) is 5.80. The molecule has 0 saturated heterocycles. The lowest BCUT2D eigenvalue weighted by molar-refractivity contribution is -0.131. The molecule has 1 aliphatic heterocycles. The molecule has 2 aromatic carbocycles. The minimum absolute atomic E-state index is 0.0152. The summed E-state index contributed by atoms with van der Waals surface area (Å²) < 4.78 is 0. The number of nitrogens with zero attached hydrogens (tertiary/aromatic N) is 2. The molecule has 0 bridgehead atoms. The first-order chi connectivity index (χ1) is 15.6. The van der Waals surface area contributed by atoms with Gasteiger partial charge in [0.1, 0.15) is 0 Å². The zero-order chi connectivity index (χ0) is 23.5. The molecule has 2 unspecified atom stereocenters. The van der Waals surface area contributed by atoms with Gasteiger partial charge in [0.05, 0.1) is 24.0 Å². The third kappa shape index (κ3) is 3.71. The lowest BCUT2D eigenvalue weighted by Crippen LogP contribution is -2.51. The van der Waals surface area contributed by atoms with Crippen LogP contribution in [0.2, 0.25) is 0 Å². The van der Waals surface area contributed by atoms with Crippen molar-refractivity contribution in [2.75, 3.05) is 0 Å². The van der Waals surface area contributed by atoms with Gasteiger partial charge in [0.15, 0.2) is 5.96 Å². The monoisotopic (exact) mass is 444 g/mol. The van der Waals surface area contributed by atoms with Crippen LogP contribution >= 0.6 is 0 Å². The molecule has 0 fully saturated rings. The van der Waals surface area contributed by atoms with Gasteiger partial charge < -0.3 is 11.1 Å². The maximum atomic E-state index is 13.2. The lowest BCUT2D eigenvalue weighted by Gasteiger charge is -2.37. The summed E-state index contributed by atoms with van der Waals surface area (Å²) >= 11 is 0. The highest BCUT2D eigenvalue weighted by Crippen LogP contribution is 2.48. The van der Waals surface area contributed by atoms with E-state index in [2.05, 4.69) is 36.3 Å². The van der Waals surface area contributed by atoms with Crippen LogP contribution in [0.1, 0.15) is 91.7 Å². The molecule has 2 amide bonds. The van der Waals surface area contributed by atoms with E-state index in [-0.39, 0.29) is 35.3 Å². The number of fused-ring (bicyclic) bond motifs is 2. The molecular weight excluding hydrogens is 412 g/mol. The molecule has 2 atom stereocenters. The number of nitrogens with one attached hydrogen (secondary N) is 1. The molecule has 5 rings (SSSR count). The molecule has 172 valence electrons. The van der Waals surface area contributed by atoms with Crippen LogP contribution in [0.5, 0.6) is 0 Å². The van der Waals surface area contributed by atoms with Crippen molar-refractivity contribution in [1.82, 2.24) is 10.2 Å². The number of carbonyl (C=O) groups is 2. The topological polar surface area (TPSA) is 87.8 Å². The SMILES string of the molecule is CC1(C)CC(=O)N(C2CC(C)(C)c3ccc(C(=O)NC4CCc5ccccc54)cc32)C(N)=N1. The summed E-state index contributed by atoms with van der Waals surface area (Å²) in [4.78, 5) is 32.5. The Balaban J connectivity index is 1.46. The van der Waals surface area contributed by atoms with Crippen LogP contribution in [0.4, 0.5) is 0 Å². The number of rotatable bonds is 3. The minimum atomic E-state index is -0.492. The van der Waals surface area contributed by atoms with Crippen LogP contribution in [0, 0.1) is 0 Å². The summed E-state index contributed by atoms with van der Waals surface area (Å²) in [6.45, 7) is 8.19. The number of aryl methyl sites for hydroxylation is 1. The number of hydrogen-bond acceptors (Lipinski definition) is 4. The van der Waals surface area contributed by atoms with Gasteiger partial charge in [-0.2, -0.15) is 0 Å². The van der Waals surface area contributed by atoms with Gasteiger partial charge in [0, 0.05) is 5.56 Å². The molecule has 0 spiro atoms. The Morgan fingerprint density at radius 1 is 1.12 bits per heavy atom. The van der Waals surface area contributed by atoms with Crippen LogP contribution in [-0.4, -0.2) is 28.2 Å². The van der Waals surface area contributed by atoms with Gasteiger partial charge in [-0.3, -0.25) is 14.5 Å². The summed E-state index contributed by atoms with van der Waals surface area (Å²) in [6.07, 6.45) is 2.96. The minimum Gasteiger partial charge on any atom is -0.369 e. The van der Waals surface area contributed by atoms with Crippen LogP contribution in [0.15, 0.2) is 47.5 Å². The highest BCUT2D eigenvalue weighted by Gasteiger charge is 2.45. The van der Waals surface area contributed by atoms with Gasteiger partial charge in [-0.15, -0.1) is 0 Å². The number of carbonyl (C=O) groups excluding carboxylic acids is 2. The van der Waals surface area contributed by atoms with E-state index in [1.165, 1.54) is 11.1 Å². The van der Waals surface area contributed by atoms with E-state index >= 15 is 0 Å². The van der Waals surface area contributed by atoms with Crippen molar-refractivity contribution in [2.45, 2.75) is 76.4 Å². The molecule has 2 aliphatic carbocycles. The predicted octanol–water partition coefficient (Wildman–Crippen LogP) is 4.15. The summed E-state index contributed by atoms with van der Waals surface area (Å²) in [7, 11) is 0. The van der Waals surface area contributed by atoms with E-state index in [1.807, 2.05) is 44.2 Å². The number of aliphatic imine (C=N–C) groups is 1. The molecule has 3 aliphatic rings. The second kappa shape index (κ2) is 7.44. The van der Waals surface area contributed by atoms with Crippen molar-refractivity contribution in [2.24, 2.45) is 10.7 Å². The average Bonchev–Trinajstić information content (AvgIpc) is 3.25. The molecule has 0 saturated carbocycles. The zero-order valence-corrected chi connectivity index (χ0v) is 19.8. The van der Waals surface area contributed by atoms with Crippen molar-refractivity contribution in [3.05, 3.63) is 70.3 Å². The molecule has 0 aromatic heterocycles. The number of amides is 2. The fourth-order valence-corrected chi connectivity index (χ4v) is 5.80. The second-order valence-electron chi connectivity index (χ2n) is 10.9. The Bertz CT molecular complexity index is 1180. The van der Waals surface area contributed by atoms with Crippen molar-refractivity contribution in [3.8, 4) is 0 Å². The largest absolute Gasteiger partial charge is 0.369 e. The quantitative estimate of drug-likeness (QED) is 0.745. The maximum absolute atomic E-state index is 13.2. The molecule has 2 aromatic rings. The molecule has 33 heavy (non-hydrogen) atoms. The van der Waals surface area contributed by atoms with Crippen LogP contribution in [0.25, 0.3) is 0 Å². The Morgan fingerprint density at radius 3 is 2.64 bits per heavy atom. The number of hydrogen-bond donors (Lipinski definition) is 2. The zero-order valence-electron chi connectivity index (χ0n) is 19.8. The second-order valence-corrected chi connectivity index (χ2v) is 10.9. The molecular formula is C27H32N4O2. The van der Waals surface area contributed by atoms with E-state index in [4.69, 9.17) is 5.73 Å². The number of guanidine groups is 1. The highest BCUT2D eigenvalue weighted by molar-refractivity contribution is 6.00. The van der Waals surface area contributed by atoms with Gasteiger partial charge in [0.25, 0.3) is 5.91 Å². The summed E-state index contributed by atoms with van der Waals surface area (Å²) in [5.41, 5.74) is 10.9. The van der Waals surface area contributed by atoms with Crippen molar-refractivity contribution in [1.29, 1.82) is 0 Å². The van der Waals surface area contributed by atoms with Crippen LogP contribution in [-0.2, 0) is 16.6 Å². The summed E-state index contributed by atoms with van der Waals surface area (Å²) in [6, 6.07) is 14.0. The van der Waals surface area contributed by atoms with E-state index in [9.17, 15) is 9.59 Å². The number of benzene rings is 2. The molecule has 0 radical (unpaired) electrons. The third-order valence-corrected chi connectivity index (χ3v) is 7.37. The summed E-state index contributed by atoms with van der Waals surface area (Å²) in [5.74, 6) is 0.164. The van der Waals surface area contributed by atoms with Crippen molar-refractivity contribution in [3.63, 3.8) is 0 Å². The van der Waals surface area contributed by atoms with Gasteiger partial charge in [-0.25, -0.2) is 4.99 Å². The Hall–Kier alpha value is -3.15. The smallest absolute Gasteiger partial charge is 0.251 e. The van der Waals surface area contributed by atoms with E-state index in [0.29, 0.717) is 12.0 Å². The fraction of sp³-hybridized carbons (Fsp3) is 0.444. The van der Waals surface area contributed by atoms with Crippen molar-refractivity contribution < 1.29 is 9.59 Å². The third-order valence-electron chi connectivity index (χ3n) is 7.37. The van der Waals surface area contributed by atoms with Gasteiger partial charge in [0.2, 0.25) is 5.91 Å². The highest BCUT2D eigenvalue weighted by atomic mass is 16.2. The van der Waals surface area contributed by atoms with Gasteiger partial charge in [-0.05, 0) is 72.9 Å². The van der Waals surface area contributed by atoms with E-state index in [0.717, 1.165) is 30.4 Å². The van der Waals surface area contributed by atoms with Gasteiger partial charge >= 0.3 is 0 Å². The molecule has 1 heterocycles. The lowest BCUT2D eigenvalue weighted by atomic mass is 9.86. The standard InChI is InChI=1S/C27H32N4O2/c1-26(2)14-22(31-23(32)15-27(3,4)30-25(31)28)19-13-17(9-11-20(19)26)24(33)29-21-12-10-16-7-5-6-8-18(16)21/h5-9,11,13,21-22H,10,12,14-15H2,1-4H3,(H2,28,30)(H,29,33). The Labute approximate surface area is 195 Å². The maximum Gasteiger partial charge on any atom is 0.251 e. The normalized spacial score (nSPS) is 24.8. The first-order valence-electron chi connectivity index (χ1n) is 11.8. The van der Waals surface area contributed by atoms with Crippen LogP contribution < -0.4 is 11.1 Å². The molecule has 3 N–H and O–H groups in total. The van der Waals surface area contributed by atoms with Crippen LogP contribution in [0.3, 0.4) is 0 Å². The Morgan fingerprint density at radius 2 is 1.88 bits per heavy atom. The average molecular weight is 445 g/mol. The van der Waals surface area contributed by atoms with Crippen molar-refractivity contribution >= 4 is 17.8 Å². The Kier molecular flexibility index (Phi) is 4.89. The van der Waals surface area contributed by atoms with E-state index in [1.54, 1.807) is 4.90 Å². The first kappa shape index (κ1) is 21.7. The van der Waals surface area contributed by atoms with E-state index < -0.39 is 5.54 Å². The predicted molar refractivity (Wildman–Crippen MR) is 129 cm³/mol.